The number of hydrogen-bond donors (Lipinski definition) is 1. The van der Waals surface area contributed by atoms with Crippen LogP contribution in [0, 0.1) is 0 Å². The molecule has 0 radical (unpaired) electrons. The van der Waals surface area contributed by atoms with Crippen molar-refractivity contribution in [3.05, 3.63) is 0 Å². The Labute approximate surface area is 57.0 Å². The summed E-state index contributed by atoms with van der Waals surface area (Å²) in [6.07, 6.45) is 2.74. The van der Waals surface area contributed by atoms with Crippen LogP contribution in [-0.2, 0) is 0 Å². The zero-order valence-corrected chi connectivity index (χ0v) is 6.14. The molecule has 0 bridgehead atoms. The van der Waals surface area contributed by atoms with E-state index in [9.17, 15) is 0 Å². The van der Waals surface area contributed by atoms with Gasteiger partial charge in [0.2, 0.25) is 0 Å². The minimum Gasteiger partial charge on any atom is -0.327 e. The summed E-state index contributed by atoms with van der Waals surface area (Å²) in [4.78, 5) is 2.44. The largest absolute Gasteiger partial charge is 0.327 e. The maximum Gasteiger partial charge on any atom is 0.0139 e. The molecule has 2 nitrogen and oxygen atoms in total. The van der Waals surface area contributed by atoms with Crippen molar-refractivity contribution in [2.75, 3.05) is 19.6 Å². The molecule has 1 heterocycles. The number of hydrogen-bond acceptors (Lipinski definition) is 2. The maximum atomic E-state index is 5.63. The Morgan fingerprint density at radius 2 is 2.00 bits per heavy atom. The average Bonchev–Trinajstić information content (AvgIpc) is 2.15. The fourth-order valence-corrected chi connectivity index (χ4v) is 1.37. The first-order valence-electron chi connectivity index (χ1n) is 3.77. The smallest absolute Gasteiger partial charge is 0.0139 e. The van der Waals surface area contributed by atoms with E-state index in [4.69, 9.17) is 5.73 Å². The highest BCUT2D eigenvalue weighted by molar-refractivity contribution is 4.69. The molecule has 1 aliphatic rings. The van der Waals surface area contributed by atoms with Crippen LogP contribution < -0.4 is 5.73 Å². The van der Waals surface area contributed by atoms with Gasteiger partial charge in [0.1, 0.15) is 0 Å². The molecule has 1 aliphatic heterocycles. The first kappa shape index (κ1) is 7.03. The van der Waals surface area contributed by atoms with Crippen LogP contribution in [-0.4, -0.2) is 30.6 Å². The summed E-state index contributed by atoms with van der Waals surface area (Å²) in [6, 6.07) is 0.350. The molecular formula is C7H16N2. The van der Waals surface area contributed by atoms with Gasteiger partial charge in [0, 0.05) is 12.6 Å². The molecule has 1 fully saturated rings. The summed E-state index contributed by atoms with van der Waals surface area (Å²) in [5, 5.41) is 0. The van der Waals surface area contributed by atoms with Gasteiger partial charge >= 0.3 is 0 Å². The van der Waals surface area contributed by atoms with Crippen LogP contribution in [0.15, 0.2) is 0 Å². The molecule has 54 valence electrons. The van der Waals surface area contributed by atoms with Gasteiger partial charge in [-0.1, -0.05) is 0 Å². The number of likely N-dealkylation sites (tertiary alicyclic amines) is 1. The summed E-state index contributed by atoms with van der Waals surface area (Å²) in [5.41, 5.74) is 5.63. The van der Waals surface area contributed by atoms with Crippen LogP contribution in [0.25, 0.3) is 0 Å². The van der Waals surface area contributed by atoms with E-state index in [0.29, 0.717) is 6.04 Å². The van der Waals surface area contributed by atoms with Crippen molar-refractivity contribution in [2.45, 2.75) is 25.8 Å². The third-order valence-electron chi connectivity index (χ3n) is 1.74. The lowest BCUT2D eigenvalue weighted by molar-refractivity contribution is 0.321. The van der Waals surface area contributed by atoms with Crippen LogP contribution in [0.4, 0.5) is 0 Å². The third kappa shape index (κ3) is 2.33. The van der Waals surface area contributed by atoms with E-state index in [1.54, 1.807) is 0 Å². The van der Waals surface area contributed by atoms with E-state index in [0.717, 1.165) is 6.54 Å². The topological polar surface area (TPSA) is 29.3 Å². The van der Waals surface area contributed by atoms with Gasteiger partial charge in [-0.2, -0.15) is 0 Å². The minimum absolute atomic E-state index is 0.350. The second-order valence-corrected chi connectivity index (χ2v) is 2.98. The van der Waals surface area contributed by atoms with Gasteiger partial charge in [-0.05, 0) is 32.9 Å². The molecule has 1 unspecified atom stereocenters. The summed E-state index contributed by atoms with van der Waals surface area (Å²) in [7, 11) is 0. The molecule has 0 aromatic rings. The minimum atomic E-state index is 0.350. The van der Waals surface area contributed by atoms with Gasteiger partial charge in [0.25, 0.3) is 0 Å². The summed E-state index contributed by atoms with van der Waals surface area (Å²) >= 11 is 0. The molecule has 0 aromatic heterocycles. The van der Waals surface area contributed by atoms with E-state index in [-0.39, 0.29) is 0 Å². The van der Waals surface area contributed by atoms with Crippen molar-refractivity contribution in [1.29, 1.82) is 0 Å². The van der Waals surface area contributed by atoms with Crippen LogP contribution in [0.3, 0.4) is 0 Å². The van der Waals surface area contributed by atoms with Crippen LogP contribution in [0.2, 0.25) is 0 Å². The number of nitrogens with zero attached hydrogens (tertiary/aromatic N) is 1. The molecular weight excluding hydrogens is 112 g/mol. The van der Waals surface area contributed by atoms with E-state index in [1.807, 2.05) is 0 Å². The normalized spacial score (nSPS) is 24.7. The third-order valence-corrected chi connectivity index (χ3v) is 1.74. The summed E-state index contributed by atoms with van der Waals surface area (Å²) < 4.78 is 0. The fourth-order valence-electron chi connectivity index (χ4n) is 1.37. The molecule has 0 aliphatic carbocycles. The average molecular weight is 128 g/mol. The van der Waals surface area contributed by atoms with Crippen molar-refractivity contribution in [3.63, 3.8) is 0 Å². The van der Waals surface area contributed by atoms with Gasteiger partial charge in [0.15, 0.2) is 0 Å². The fraction of sp³-hybridized carbons (Fsp3) is 1.00. The van der Waals surface area contributed by atoms with E-state index in [2.05, 4.69) is 11.8 Å². The molecule has 1 saturated heterocycles. The highest BCUT2D eigenvalue weighted by Gasteiger charge is 2.11. The van der Waals surface area contributed by atoms with Crippen molar-refractivity contribution < 1.29 is 0 Å². The van der Waals surface area contributed by atoms with Gasteiger partial charge < -0.3 is 10.6 Å². The van der Waals surface area contributed by atoms with Crippen LogP contribution in [0.5, 0.6) is 0 Å². The lowest BCUT2D eigenvalue weighted by Crippen LogP contribution is -2.33. The van der Waals surface area contributed by atoms with E-state index >= 15 is 0 Å². The first-order chi connectivity index (χ1) is 4.29. The molecule has 0 spiro atoms. The molecule has 0 aromatic carbocycles. The predicted octanol–water partition coefficient (Wildman–Crippen LogP) is 0.429. The Morgan fingerprint density at radius 3 is 2.44 bits per heavy atom. The molecule has 2 N–H and O–H groups in total. The quantitative estimate of drug-likeness (QED) is 0.584. The highest BCUT2D eigenvalue weighted by Crippen LogP contribution is 2.06. The SMILES string of the molecule is CC(N)CN1CCCC1. The van der Waals surface area contributed by atoms with Crippen molar-refractivity contribution >= 4 is 0 Å². The van der Waals surface area contributed by atoms with E-state index < -0.39 is 0 Å². The molecule has 1 rings (SSSR count). The van der Waals surface area contributed by atoms with Crippen molar-refractivity contribution in [3.8, 4) is 0 Å². The Hall–Kier alpha value is -0.0800. The Bertz CT molecular complexity index is 75.0. The monoisotopic (exact) mass is 128 g/mol. The Morgan fingerprint density at radius 1 is 1.44 bits per heavy atom. The Kier molecular flexibility index (Phi) is 2.49. The van der Waals surface area contributed by atoms with E-state index in [1.165, 1.54) is 25.9 Å². The zero-order chi connectivity index (χ0) is 6.69. The van der Waals surface area contributed by atoms with Crippen LogP contribution >= 0.6 is 0 Å². The van der Waals surface area contributed by atoms with Crippen molar-refractivity contribution in [1.82, 2.24) is 4.90 Å². The molecule has 2 heteroatoms. The van der Waals surface area contributed by atoms with Crippen LogP contribution in [0.1, 0.15) is 19.8 Å². The van der Waals surface area contributed by atoms with Gasteiger partial charge in [-0.15, -0.1) is 0 Å². The molecule has 9 heavy (non-hydrogen) atoms. The predicted molar refractivity (Wildman–Crippen MR) is 39.3 cm³/mol. The first-order valence-corrected chi connectivity index (χ1v) is 3.77. The summed E-state index contributed by atoms with van der Waals surface area (Å²) in [5.74, 6) is 0. The van der Waals surface area contributed by atoms with Crippen molar-refractivity contribution in [2.24, 2.45) is 5.73 Å². The number of nitrogens with two attached hydrogens (primary N) is 1. The number of rotatable bonds is 2. The zero-order valence-electron chi connectivity index (χ0n) is 6.14. The molecule has 1 atom stereocenters. The van der Waals surface area contributed by atoms with Gasteiger partial charge in [0.05, 0.1) is 0 Å². The lowest BCUT2D eigenvalue weighted by atomic mass is 10.3. The summed E-state index contributed by atoms with van der Waals surface area (Å²) in [6.45, 7) is 5.68. The highest BCUT2D eigenvalue weighted by atomic mass is 15.1. The second-order valence-electron chi connectivity index (χ2n) is 2.98. The maximum absolute atomic E-state index is 5.63. The Balaban J connectivity index is 2.11. The van der Waals surface area contributed by atoms with Gasteiger partial charge in [-0.25, -0.2) is 0 Å². The van der Waals surface area contributed by atoms with Gasteiger partial charge in [-0.3, -0.25) is 0 Å². The second kappa shape index (κ2) is 3.18. The lowest BCUT2D eigenvalue weighted by Gasteiger charge is -2.16. The standard InChI is InChI=1S/C7H16N2/c1-7(8)6-9-4-2-3-5-9/h7H,2-6,8H2,1H3. The molecule has 0 saturated carbocycles. The molecule has 0 amide bonds.